The molecule has 24 heavy (non-hydrogen) atoms. The Hall–Kier alpha value is -1.06. The van der Waals surface area contributed by atoms with E-state index in [1.54, 1.807) is 0 Å². The first kappa shape index (κ1) is 17.8. The molecule has 4 atom stereocenters. The van der Waals surface area contributed by atoms with Gasteiger partial charge in [0.2, 0.25) is 0 Å². The summed E-state index contributed by atoms with van der Waals surface area (Å²) in [6, 6.07) is 6.18. The van der Waals surface area contributed by atoms with Gasteiger partial charge in [-0.15, -0.1) is 0 Å². The first-order valence-corrected chi connectivity index (χ1v) is 9.10. The van der Waals surface area contributed by atoms with Crippen molar-refractivity contribution in [1.29, 1.82) is 0 Å². The van der Waals surface area contributed by atoms with Gasteiger partial charge >= 0.3 is 0 Å². The molecule has 3 heteroatoms. The van der Waals surface area contributed by atoms with Gasteiger partial charge in [0.25, 0.3) is 0 Å². The van der Waals surface area contributed by atoms with Crippen LogP contribution in [0.3, 0.4) is 0 Å². The van der Waals surface area contributed by atoms with Gasteiger partial charge in [0.05, 0.1) is 6.10 Å². The molecule has 0 radical (unpaired) electrons. The summed E-state index contributed by atoms with van der Waals surface area (Å²) in [4.78, 5) is 0. The number of rotatable bonds is 3. The first-order valence-electron chi connectivity index (χ1n) is 9.10. The van der Waals surface area contributed by atoms with E-state index in [4.69, 9.17) is 4.74 Å². The first-order chi connectivity index (χ1) is 11.0. The maximum atomic E-state index is 11.2. The van der Waals surface area contributed by atoms with Crippen LogP contribution < -0.4 is 4.74 Å². The number of fused-ring (bicyclic) bond motifs is 2. The van der Waals surface area contributed by atoms with E-state index in [0.717, 1.165) is 17.7 Å². The van der Waals surface area contributed by atoms with Crippen LogP contribution in [0.4, 0.5) is 0 Å². The Morgan fingerprint density at radius 3 is 2.46 bits per heavy atom. The third-order valence-corrected chi connectivity index (χ3v) is 6.56. The Balaban J connectivity index is 1.83. The number of hydrogen-bond donors (Lipinski definition) is 2. The predicted molar refractivity (Wildman–Crippen MR) is 96.3 cm³/mol. The van der Waals surface area contributed by atoms with Crippen molar-refractivity contribution in [3.63, 3.8) is 0 Å². The van der Waals surface area contributed by atoms with Gasteiger partial charge in [0.1, 0.15) is 18.0 Å². The van der Waals surface area contributed by atoms with E-state index < -0.39 is 11.7 Å². The second-order valence-electron chi connectivity index (χ2n) is 9.59. The summed E-state index contributed by atoms with van der Waals surface area (Å²) in [6.07, 6.45) is 0.964. The molecule has 134 valence electrons. The summed E-state index contributed by atoms with van der Waals surface area (Å²) in [5.41, 5.74) is 1.24. The molecule has 0 aliphatic heterocycles. The fourth-order valence-corrected chi connectivity index (χ4v) is 4.72. The molecule has 0 saturated heterocycles. The van der Waals surface area contributed by atoms with Gasteiger partial charge in [-0.05, 0) is 54.1 Å². The third kappa shape index (κ3) is 2.66. The SMILES string of the molecule is Cc1ccc(OC[C@@]2(O)[C@H](O)C[C@@H]3C[C@H]2C3(C)C)c(C(C)(C)C)c1. The lowest BCUT2D eigenvalue weighted by atomic mass is 9.43. The van der Waals surface area contributed by atoms with Crippen molar-refractivity contribution >= 4 is 0 Å². The number of hydrogen-bond acceptors (Lipinski definition) is 3. The molecule has 0 amide bonds. The van der Waals surface area contributed by atoms with E-state index in [0.29, 0.717) is 12.3 Å². The number of benzene rings is 1. The monoisotopic (exact) mass is 332 g/mol. The second-order valence-corrected chi connectivity index (χ2v) is 9.59. The van der Waals surface area contributed by atoms with E-state index in [1.807, 2.05) is 12.1 Å². The Morgan fingerprint density at radius 2 is 1.88 bits per heavy atom. The molecule has 0 aromatic heterocycles. The number of aliphatic hydroxyl groups excluding tert-OH is 1. The fraction of sp³-hybridized carbons (Fsp3) is 0.714. The van der Waals surface area contributed by atoms with Gasteiger partial charge in [0, 0.05) is 0 Å². The van der Waals surface area contributed by atoms with Crippen LogP contribution in [0.1, 0.15) is 58.6 Å². The molecule has 2 N–H and O–H groups in total. The summed E-state index contributed by atoms with van der Waals surface area (Å²) in [7, 11) is 0. The van der Waals surface area contributed by atoms with Gasteiger partial charge < -0.3 is 14.9 Å². The quantitative estimate of drug-likeness (QED) is 0.884. The minimum atomic E-state index is -1.15. The predicted octanol–water partition coefficient (Wildman–Crippen LogP) is 3.83. The summed E-state index contributed by atoms with van der Waals surface area (Å²) >= 11 is 0. The van der Waals surface area contributed by atoms with Crippen LogP contribution in [0.15, 0.2) is 18.2 Å². The van der Waals surface area contributed by atoms with Crippen LogP contribution in [-0.2, 0) is 5.41 Å². The summed E-state index contributed by atoms with van der Waals surface area (Å²) in [6.45, 7) is 13.1. The van der Waals surface area contributed by atoms with Crippen molar-refractivity contribution in [3.8, 4) is 5.75 Å². The van der Waals surface area contributed by atoms with Crippen molar-refractivity contribution in [2.45, 2.75) is 71.5 Å². The highest BCUT2D eigenvalue weighted by Gasteiger charge is 2.64. The average molecular weight is 332 g/mol. The number of aryl methyl sites for hydroxylation is 1. The highest BCUT2D eigenvalue weighted by Crippen LogP contribution is 2.62. The molecule has 0 heterocycles. The van der Waals surface area contributed by atoms with E-state index in [-0.39, 0.29) is 23.4 Å². The highest BCUT2D eigenvalue weighted by atomic mass is 16.5. The minimum Gasteiger partial charge on any atom is -0.490 e. The van der Waals surface area contributed by atoms with Crippen molar-refractivity contribution in [2.24, 2.45) is 17.3 Å². The highest BCUT2D eigenvalue weighted by molar-refractivity contribution is 5.41. The zero-order valence-electron chi connectivity index (χ0n) is 15.9. The molecule has 3 fully saturated rings. The Labute approximate surface area is 146 Å². The topological polar surface area (TPSA) is 49.7 Å². The molecule has 2 bridgehead atoms. The van der Waals surface area contributed by atoms with Crippen molar-refractivity contribution in [1.82, 2.24) is 0 Å². The maximum Gasteiger partial charge on any atom is 0.128 e. The largest absolute Gasteiger partial charge is 0.490 e. The van der Waals surface area contributed by atoms with Crippen LogP contribution in [0, 0.1) is 24.2 Å². The maximum absolute atomic E-state index is 11.2. The Bertz CT molecular complexity index is 628. The molecule has 1 aromatic rings. The van der Waals surface area contributed by atoms with Crippen molar-refractivity contribution < 1.29 is 14.9 Å². The fourth-order valence-electron chi connectivity index (χ4n) is 4.72. The molecular weight excluding hydrogens is 300 g/mol. The standard InChI is InChI=1S/C21H32O3/c1-13-7-8-16(15(9-13)19(2,3)4)24-12-21(23)17-10-14(11-18(21)22)20(17,5)6/h7-9,14,17-18,22-23H,10-12H2,1-6H3/t14-,17-,18+,21-/m0/s1. The van der Waals surface area contributed by atoms with Crippen LogP contribution in [0.5, 0.6) is 5.75 Å². The molecule has 0 spiro atoms. The van der Waals surface area contributed by atoms with Gasteiger partial charge in [-0.3, -0.25) is 0 Å². The summed E-state index contributed by atoms with van der Waals surface area (Å²) < 4.78 is 6.11. The minimum absolute atomic E-state index is 0.0318. The van der Waals surface area contributed by atoms with Gasteiger partial charge in [-0.2, -0.15) is 0 Å². The van der Waals surface area contributed by atoms with E-state index in [9.17, 15) is 10.2 Å². The second kappa shape index (κ2) is 5.47. The zero-order valence-corrected chi connectivity index (χ0v) is 15.9. The Morgan fingerprint density at radius 1 is 1.21 bits per heavy atom. The van der Waals surface area contributed by atoms with E-state index in [1.165, 1.54) is 5.56 Å². The molecule has 0 unspecified atom stereocenters. The average Bonchev–Trinajstić information content (AvgIpc) is 2.47. The van der Waals surface area contributed by atoms with E-state index in [2.05, 4.69) is 47.6 Å². The lowest BCUT2D eigenvalue weighted by Crippen LogP contribution is -2.69. The number of aliphatic hydroxyl groups is 2. The lowest BCUT2D eigenvalue weighted by molar-refractivity contribution is -0.262. The summed E-state index contributed by atoms with van der Waals surface area (Å²) in [5, 5.41) is 21.7. The smallest absolute Gasteiger partial charge is 0.128 e. The molecule has 4 rings (SSSR count). The molecule has 3 aliphatic rings. The van der Waals surface area contributed by atoms with Crippen molar-refractivity contribution in [2.75, 3.05) is 6.61 Å². The molecular formula is C21H32O3. The number of ether oxygens (including phenoxy) is 1. The normalized spacial score (nSPS) is 34.6. The molecule has 3 saturated carbocycles. The summed E-state index contributed by atoms with van der Waals surface area (Å²) in [5.74, 6) is 1.43. The van der Waals surface area contributed by atoms with Crippen LogP contribution >= 0.6 is 0 Å². The van der Waals surface area contributed by atoms with Gasteiger partial charge in [-0.25, -0.2) is 0 Å². The molecule has 3 nitrogen and oxygen atoms in total. The Kier molecular flexibility index (Phi) is 4.05. The lowest BCUT2D eigenvalue weighted by Gasteiger charge is -2.64. The van der Waals surface area contributed by atoms with Crippen molar-refractivity contribution in [3.05, 3.63) is 29.3 Å². The van der Waals surface area contributed by atoms with Gasteiger partial charge in [0.15, 0.2) is 0 Å². The van der Waals surface area contributed by atoms with Crippen LogP contribution in [0.25, 0.3) is 0 Å². The van der Waals surface area contributed by atoms with Gasteiger partial charge in [-0.1, -0.05) is 52.3 Å². The zero-order chi connectivity index (χ0) is 17.9. The molecule has 3 aliphatic carbocycles. The van der Waals surface area contributed by atoms with Crippen LogP contribution in [0.2, 0.25) is 0 Å². The van der Waals surface area contributed by atoms with E-state index >= 15 is 0 Å². The molecule has 1 aromatic carbocycles. The van der Waals surface area contributed by atoms with Crippen LogP contribution in [-0.4, -0.2) is 28.5 Å². The third-order valence-electron chi connectivity index (χ3n) is 6.56.